The molecular formula is C22H22FN3O2. The zero-order valence-electron chi connectivity index (χ0n) is 16.0. The molecule has 0 aliphatic carbocycles. The van der Waals surface area contributed by atoms with Gasteiger partial charge in [0.15, 0.2) is 0 Å². The van der Waals surface area contributed by atoms with E-state index in [0.29, 0.717) is 35.9 Å². The van der Waals surface area contributed by atoms with Gasteiger partial charge in [0.25, 0.3) is 5.91 Å². The minimum atomic E-state index is -0.352. The van der Waals surface area contributed by atoms with Crippen molar-refractivity contribution in [1.29, 1.82) is 0 Å². The fourth-order valence-corrected chi connectivity index (χ4v) is 3.57. The monoisotopic (exact) mass is 379 g/mol. The van der Waals surface area contributed by atoms with E-state index in [9.17, 15) is 9.18 Å². The van der Waals surface area contributed by atoms with E-state index in [1.807, 2.05) is 31.2 Å². The molecule has 0 N–H and O–H groups in total. The summed E-state index contributed by atoms with van der Waals surface area (Å²) in [5.41, 5.74) is 2.99. The van der Waals surface area contributed by atoms with Crippen molar-refractivity contribution in [2.45, 2.75) is 32.6 Å². The molecule has 1 fully saturated rings. The van der Waals surface area contributed by atoms with Crippen molar-refractivity contribution in [1.82, 2.24) is 15.0 Å². The third kappa shape index (κ3) is 3.54. The van der Waals surface area contributed by atoms with Crippen LogP contribution in [0.2, 0.25) is 0 Å². The SMILES string of the molecule is Cc1ccc(C(=O)N2CCC(c3nc(-c4ccccc4C)no3)CC2)cc1F. The number of rotatable bonds is 3. The number of hydrogen-bond donors (Lipinski definition) is 0. The quantitative estimate of drug-likeness (QED) is 0.672. The first kappa shape index (κ1) is 18.3. The fourth-order valence-electron chi connectivity index (χ4n) is 3.57. The summed E-state index contributed by atoms with van der Waals surface area (Å²) in [6, 6.07) is 12.6. The van der Waals surface area contributed by atoms with Gasteiger partial charge in [-0.25, -0.2) is 4.39 Å². The highest BCUT2D eigenvalue weighted by Gasteiger charge is 2.28. The number of aryl methyl sites for hydroxylation is 2. The molecule has 0 atom stereocenters. The molecule has 144 valence electrons. The Morgan fingerprint density at radius 3 is 2.57 bits per heavy atom. The van der Waals surface area contributed by atoms with E-state index < -0.39 is 0 Å². The van der Waals surface area contributed by atoms with Gasteiger partial charge in [0.1, 0.15) is 5.82 Å². The number of hydrogen-bond acceptors (Lipinski definition) is 4. The number of halogens is 1. The Morgan fingerprint density at radius 2 is 1.86 bits per heavy atom. The van der Waals surface area contributed by atoms with Crippen LogP contribution in [0, 0.1) is 19.7 Å². The lowest BCUT2D eigenvalue weighted by Crippen LogP contribution is -2.38. The van der Waals surface area contributed by atoms with Crippen LogP contribution < -0.4 is 0 Å². The number of carbonyl (C=O) groups excluding carboxylic acids is 1. The standard InChI is InChI=1S/C22H22FN3O2/c1-14-5-3-4-6-18(14)20-24-21(28-25-20)16-9-11-26(12-10-16)22(27)17-8-7-15(2)19(23)13-17/h3-8,13,16H,9-12H2,1-2H3. The first-order valence-electron chi connectivity index (χ1n) is 9.48. The Morgan fingerprint density at radius 1 is 1.11 bits per heavy atom. The Kier molecular flexibility index (Phi) is 4.94. The molecule has 0 bridgehead atoms. The Balaban J connectivity index is 1.42. The minimum absolute atomic E-state index is 0.129. The average Bonchev–Trinajstić information content (AvgIpc) is 3.20. The summed E-state index contributed by atoms with van der Waals surface area (Å²) in [6.07, 6.45) is 1.49. The number of nitrogens with zero attached hydrogens (tertiary/aromatic N) is 3. The van der Waals surface area contributed by atoms with Gasteiger partial charge in [-0.05, 0) is 49.9 Å². The van der Waals surface area contributed by atoms with Crippen LogP contribution >= 0.6 is 0 Å². The third-order valence-corrected chi connectivity index (χ3v) is 5.38. The number of carbonyl (C=O) groups is 1. The predicted molar refractivity (Wildman–Crippen MR) is 103 cm³/mol. The van der Waals surface area contributed by atoms with Crippen LogP contribution in [-0.4, -0.2) is 34.0 Å². The Hall–Kier alpha value is -3.02. The lowest BCUT2D eigenvalue weighted by atomic mass is 9.96. The van der Waals surface area contributed by atoms with Gasteiger partial charge in [0, 0.05) is 30.1 Å². The molecule has 3 aromatic rings. The molecule has 4 rings (SSSR count). The zero-order valence-corrected chi connectivity index (χ0v) is 16.0. The molecule has 0 unspecified atom stereocenters. The molecule has 1 aliphatic heterocycles. The molecule has 1 aliphatic rings. The number of aromatic nitrogens is 2. The van der Waals surface area contributed by atoms with Gasteiger partial charge in [-0.2, -0.15) is 4.98 Å². The Bertz CT molecular complexity index is 1010. The van der Waals surface area contributed by atoms with Gasteiger partial charge >= 0.3 is 0 Å². The first-order chi connectivity index (χ1) is 13.5. The molecule has 0 spiro atoms. The van der Waals surface area contributed by atoms with Gasteiger partial charge in [-0.3, -0.25) is 4.79 Å². The lowest BCUT2D eigenvalue weighted by molar-refractivity contribution is 0.0704. The molecule has 6 heteroatoms. The maximum Gasteiger partial charge on any atom is 0.253 e. The largest absolute Gasteiger partial charge is 0.339 e. The molecule has 0 saturated carbocycles. The maximum absolute atomic E-state index is 13.8. The van der Waals surface area contributed by atoms with Crippen LogP contribution in [-0.2, 0) is 0 Å². The van der Waals surface area contributed by atoms with Crippen molar-refractivity contribution in [3.63, 3.8) is 0 Å². The van der Waals surface area contributed by atoms with E-state index in [4.69, 9.17) is 4.52 Å². The minimum Gasteiger partial charge on any atom is -0.339 e. The van der Waals surface area contributed by atoms with Crippen molar-refractivity contribution in [2.24, 2.45) is 0 Å². The van der Waals surface area contributed by atoms with Gasteiger partial charge in [-0.15, -0.1) is 0 Å². The van der Waals surface area contributed by atoms with E-state index >= 15 is 0 Å². The Labute approximate surface area is 163 Å². The zero-order chi connectivity index (χ0) is 19.7. The number of piperidine rings is 1. The van der Waals surface area contributed by atoms with E-state index in [0.717, 1.165) is 24.0 Å². The van der Waals surface area contributed by atoms with Gasteiger partial charge < -0.3 is 9.42 Å². The highest BCUT2D eigenvalue weighted by Crippen LogP contribution is 2.30. The number of amides is 1. The predicted octanol–water partition coefficient (Wildman–Crippen LogP) is 4.51. The summed E-state index contributed by atoms with van der Waals surface area (Å²) >= 11 is 0. The van der Waals surface area contributed by atoms with Crippen LogP contribution in [0.3, 0.4) is 0 Å². The number of likely N-dealkylation sites (tertiary alicyclic amines) is 1. The van der Waals surface area contributed by atoms with E-state index in [-0.39, 0.29) is 17.6 Å². The molecule has 5 nitrogen and oxygen atoms in total. The molecule has 28 heavy (non-hydrogen) atoms. The van der Waals surface area contributed by atoms with E-state index in [1.165, 1.54) is 6.07 Å². The van der Waals surface area contributed by atoms with Gasteiger partial charge in [-0.1, -0.05) is 35.5 Å². The first-order valence-corrected chi connectivity index (χ1v) is 9.48. The lowest BCUT2D eigenvalue weighted by Gasteiger charge is -2.30. The second kappa shape index (κ2) is 7.54. The van der Waals surface area contributed by atoms with Crippen molar-refractivity contribution >= 4 is 5.91 Å². The van der Waals surface area contributed by atoms with Crippen LogP contribution in [0.5, 0.6) is 0 Å². The van der Waals surface area contributed by atoms with Crippen LogP contribution in [0.15, 0.2) is 47.0 Å². The molecule has 1 saturated heterocycles. The summed E-state index contributed by atoms with van der Waals surface area (Å²) in [6.45, 7) is 4.87. The third-order valence-electron chi connectivity index (χ3n) is 5.38. The van der Waals surface area contributed by atoms with Crippen molar-refractivity contribution in [3.05, 3.63) is 70.9 Å². The topological polar surface area (TPSA) is 59.2 Å². The van der Waals surface area contributed by atoms with Crippen LogP contribution in [0.1, 0.15) is 46.1 Å². The smallest absolute Gasteiger partial charge is 0.253 e. The molecule has 1 aromatic heterocycles. The van der Waals surface area contributed by atoms with Gasteiger partial charge in [0.05, 0.1) is 0 Å². The van der Waals surface area contributed by atoms with Gasteiger partial charge in [0.2, 0.25) is 11.7 Å². The summed E-state index contributed by atoms with van der Waals surface area (Å²) in [5, 5.41) is 4.13. The molecule has 0 radical (unpaired) electrons. The maximum atomic E-state index is 13.8. The van der Waals surface area contributed by atoms with Crippen molar-refractivity contribution < 1.29 is 13.7 Å². The summed E-state index contributed by atoms with van der Waals surface area (Å²) in [4.78, 5) is 19.0. The number of benzene rings is 2. The van der Waals surface area contributed by atoms with Crippen molar-refractivity contribution in [3.8, 4) is 11.4 Å². The van der Waals surface area contributed by atoms with Crippen LogP contribution in [0.25, 0.3) is 11.4 Å². The van der Waals surface area contributed by atoms with Crippen LogP contribution in [0.4, 0.5) is 4.39 Å². The second-order valence-electron chi connectivity index (χ2n) is 7.30. The molecular weight excluding hydrogens is 357 g/mol. The summed E-state index contributed by atoms with van der Waals surface area (Å²) in [7, 11) is 0. The normalized spacial score (nSPS) is 15.0. The highest BCUT2D eigenvalue weighted by molar-refractivity contribution is 5.94. The van der Waals surface area contributed by atoms with E-state index in [1.54, 1.807) is 24.0 Å². The fraction of sp³-hybridized carbons (Fsp3) is 0.318. The average molecular weight is 379 g/mol. The summed E-state index contributed by atoms with van der Waals surface area (Å²) in [5.74, 6) is 0.858. The highest BCUT2D eigenvalue weighted by atomic mass is 19.1. The second-order valence-corrected chi connectivity index (χ2v) is 7.30. The molecule has 2 heterocycles. The van der Waals surface area contributed by atoms with E-state index in [2.05, 4.69) is 10.1 Å². The molecule has 1 amide bonds. The molecule has 2 aromatic carbocycles. The van der Waals surface area contributed by atoms with Crippen molar-refractivity contribution in [2.75, 3.05) is 13.1 Å². The summed E-state index contributed by atoms with van der Waals surface area (Å²) < 4.78 is 19.3.